The molecule has 0 bridgehead atoms. The molecule has 0 atom stereocenters. The van der Waals surface area contributed by atoms with Crippen LogP contribution >= 0.6 is 0 Å². The lowest BCUT2D eigenvalue weighted by Gasteiger charge is -2.27. The predicted octanol–water partition coefficient (Wildman–Crippen LogP) is 0.493. The summed E-state index contributed by atoms with van der Waals surface area (Å²) in [4.78, 5) is 0. The first-order valence-electron chi connectivity index (χ1n) is 6.17. The van der Waals surface area contributed by atoms with Crippen molar-refractivity contribution >= 4 is 10.0 Å². The van der Waals surface area contributed by atoms with Gasteiger partial charge in [-0.25, -0.2) is 13.1 Å². The van der Waals surface area contributed by atoms with Crippen LogP contribution in [-0.4, -0.2) is 45.6 Å². The number of aliphatic hydroxyl groups is 1. The van der Waals surface area contributed by atoms with Gasteiger partial charge in [0, 0.05) is 26.4 Å². The summed E-state index contributed by atoms with van der Waals surface area (Å²) in [5.41, 5.74) is 0. The number of aliphatic hydroxyl groups excluding tert-OH is 1. The van der Waals surface area contributed by atoms with Crippen molar-refractivity contribution in [3.63, 3.8) is 0 Å². The molecule has 0 aromatic heterocycles. The van der Waals surface area contributed by atoms with Gasteiger partial charge in [-0.2, -0.15) is 0 Å². The van der Waals surface area contributed by atoms with Crippen LogP contribution in [0.4, 0.5) is 0 Å². The second kappa shape index (κ2) is 7.31. The molecule has 102 valence electrons. The Hall–Kier alpha value is -0.170. The van der Waals surface area contributed by atoms with E-state index in [1.165, 1.54) is 0 Å². The average molecular weight is 265 g/mol. The molecule has 0 aliphatic heterocycles. The van der Waals surface area contributed by atoms with Crippen LogP contribution in [0.2, 0.25) is 0 Å². The van der Waals surface area contributed by atoms with Gasteiger partial charge in [0.2, 0.25) is 10.0 Å². The van der Waals surface area contributed by atoms with Crippen molar-refractivity contribution in [3.8, 4) is 0 Å². The maximum Gasteiger partial charge on any atom is 0.211 e. The van der Waals surface area contributed by atoms with Crippen LogP contribution in [0.1, 0.15) is 32.1 Å². The van der Waals surface area contributed by atoms with E-state index in [4.69, 9.17) is 9.84 Å². The van der Waals surface area contributed by atoms with Crippen molar-refractivity contribution < 1.29 is 18.3 Å². The van der Waals surface area contributed by atoms with E-state index >= 15 is 0 Å². The quantitative estimate of drug-likeness (QED) is 0.657. The second-order valence-corrected chi connectivity index (χ2v) is 6.56. The van der Waals surface area contributed by atoms with Gasteiger partial charge >= 0.3 is 0 Å². The van der Waals surface area contributed by atoms with Gasteiger partial charge in [0.25, 0.3) is 0 Å². The molecule has 0 amide bonds. The third-order valence-corrected chi connectivity index (χ3v) is 4.73. The fourth-order valence-electron chi connectivity index (χ4n) is 2.17. The number of ether oxygens (including phenoxy) is 1. The summed E-state index contributed by atoms with van der Waals surface area (Å²) in [6, 6.07) is 0.0466. The van der Waals surface area contributed by atoms with Crippen LogP contribution in [0, 0.1) is 5.92 Å². The third-order valence-electron chi connectivity index (χ3n) is 3.21. The van der Waals surface area contributed by atoms with Gasteiger partial charge in [0.15, 0.2) is 0 Å². The summed E-state index contributed by atoms with van der Waals surface area (Å²) in [7, 11) is -1.60. The minimum absolute atomic E-state index is 0.0466. The van der Waals surface area contributed by atoms with Crippen LogP contribution in [0.3, 0.4) is 0 Å². The first-order chi connectivity index (χ1) is 8.07. The van der Waals surface area contributed by atoms with Crippen molar-refractivity contribution in [3.05, 3.63) is 0 Å². The molecule has 1 aliphatic rings. The van der Waals surface area contributed by atoms with E-state index in [9.17, 15) is 8.42 Å². The Morgan fingerprint density at radius 3 is 2.47 bits per heavy atom. The van der Waals surface area contributed by atoms with Gasteiger partial charge < -0.3 is 9.84 Å². The Morgan fingerprint density at radius 1 is 1.29 bits per heavy atom. The number of hydrogen-bond acceptors (Lipinski definition) is 4. The number of hydrogen-bond donors (Lipinski definition) is 2. The predicted molar refractivity (Wildman–Crippen MR) is 66.2 cm³/mol. The first-order valence-corrected chi connectivity index (χ1v) is 7.82. The lowest BCUT2D eigenvalue weighted by molar-refractivity contribution is 0.180. The summed E-state index contributed by atoms with van der Waals surface area (Å²) < 4.78 is 31.0. The summed E-state index contributed by atoms with van der Waals surface area (Å²) in [5, 5.41) is 9.00. The Bertz CT molecular complexity index is 297. The molecule has 0 aromatic rings. The molecule has 0 unspecified atom stereocenters. The van der Waals surface area contributed by atoms with Crippen molar-refractivity contribution in [1.29, 1.82) is 0 Å². The average Bonchev–Trinajstić information content (AvgIpc) is 2.30. The molecule has 1 saturated carbocycles. The lowest BCUT2D eigenvalue weighted by atomic mass is 9.87. The molecule has 0 radical (unpaired) electrons. The molecule has 1 rings (SSSR count). The van der Waals surface area contributed by atoms with Crippen molar-refractivity contribution in [2.45, 2.75) is 38.1 Å². The fourth-order valence-corrected chi connectivity index (χ4v) is 3.53. The lowest BCUT2D eigenvalue weighted by Crippen LogP contribution is -2.39. The highest BCUT2D eigenvalue weighted by Crippen LogP contribution is 2.24. The summed E-state index contributed by atoms with van der Waals surface area (Å²) in [6.07, 6.45) is 3.99. The van der Waals surface area contributed by atoms with E-state index in [2.05, 4.69) is 4.72 Å². The molecule has 0 spiro atoms. The molecular formula is C11H23NO4S. The Labute approximate surface area is 104 Å². The van der Waals surface area contributed by atoms with E-state index in [1.807, 2.05) is 0 Å². The molecular weight excluding hydrogens is 242 g/mol. The van der Waals surface area contributed by atoms with E-state index < -0.39 is 10.0 Å². The van der Waals surface area contributed by atoms with Gasteiger partial charge in [0.05, 0.1) is 5.75 Å². The van der Waals surface area contributed by atoms with Crippen molar-refractivity contribution in [1.82, 2.24) is 4.72 Å². The second-order valence-electron chi connectivity index (χ2n) is 4.68. The van der Waals surface area contributed by atoms with Crippen LogP contribution < -0.4 is 4.72 Å². The first kappa shape index (κ1) is 14.9. The fraction of sp³-hybridized carbons (Fsp3) is 1.00. The maximum absolute atomic E-state index is 11.7. The molecule has 0 heterocycles. The third kappa shape index (κ3) is 5.81. The van der Waals surface area contributed by atoms with Gasteiger partial charge in [-0.15, -0.1) is 0 Å². The highest BCUT2D eigenvalue weighted by molar-refractivity contribution is 7.89. The SMILES string of the molecule is COCCCS(=O)(=O)NC1CCC(CO)CC1. The smallest absolute Gasteiger partial charge is 0.211 e. The Kier molecular flexibility index (Phi) is 6.40. The van der Waals surface area contributed by atoms with Crippen molar-refractivity contribution in [2.24, 2.45) is 5.92 Å². The number of methoxy groups -OCH3 is 1. The molecule has 0 aromatic carbocycles. The Morgan fingerprint density at radius 2 is 1.94 bits per heavy atom. The maximum atomic E-state index is 11.7. The molecule has 17 heavy (non-hydrogen) atoms. The molecule has 0 saturated heterocycles. The minimum atomic E-state index is -3.17. The van der Waals surface area contributed by atoms with Gasteiger partial charge in [-0.3, -0.25) is 0 Å². The monoisotopic (exact) mass is 265 g/mol. The van der Waals surface area contributed by atoms with Gasteiger partial charge in [-0.1, -0.05) is 0 Å². The normalized spacial score (nSPS) is 26.0. The minimum Gasteiger partial charge on any atom is -0.396 e. The highest BCUT2D eigenvalue weighted by Gasteiger charge is 2.24. The molecule has 2 N–H and O–H groups in total. The topological polar surface area (TPSA) is 75.6 Å². The number of rotatable bonds is 7. The largest absolute Gasteiger partial charge is 0.396 e. The number of sulfonamides is 1. The standard InChI is InChI=1S/C11H23NO4S/c1-16-7-2-8-17(14,15)12-11-5-3-10(9-13)4-6-11/h10-13H,2-9H2,1H3. The summed E-state index contributed by atoms with van der Waals surface area (Å²) in [6.45, 7) is 0.686. The molecule has 1 fully saturated rings. The highest BCUT2D eigenvalue weighted by atomic mass is 32.2. The van der Waals surface area contributed by atoms with Gasteiger partial charge in [-0.05, 0) is 38.0 Å². The zero-order chi connectivity index (χ0) is 12.7. The van der Waals surface area contributed by atoms with Crippen LogP contribution in [0.5, 0.6) is 0 Å². The zero-order valence-corrected chi connectivity index (χ0v) is 11.2. The zero-order valence-electron chi connectivity index (χ0n) is 10.4. The van der Waals surface area contributed by atoms with Crippen LogP contribution in [0.25, 0.3) is 0 Å². The summed E-state index contributed by atoms with van der Waals surface area (Å²) >= 11 is 0. The van der Waals surface area contributed by atoms with E-state index in [1.54, 1.807) is 7.11 Å². The van der Waals surface area contributed by atoms with E-state index in [-0.39, 0.29) is 18.4 Å². The van der Waals surface area contributed by atoms with Crippen LogP contribution in [-0.2, 0) is 14.8 Å². The van der Waals surface area contributed by atoms with E-state index in [0.717, 1.165) is 25.7 Å². The van der Waals surface area contributed by atoms with E-state index in [0.29, 0.717) is 18.9 Å². The number of nitrogens with one attached hydrogen (secondary N) is 1. The molecule has 1 aliphatic carbocycles. The summed E-state index contributed by atoms with van der Waals surface area (Å²) in [5.74, 6) is 0.477. The van der Waals surface area contributed by atoms with Crippen LogP contribution in [0.15, 0.2) is 0 Å². The molecule has 5 nitrogen and oxygen atoms in total. The molecule has 6 heteroatoms. The van der Waals surface area contributed by atoms with Crippen molar-refractivity contribution in [2.75, 3.05) is 26.1 Å². The van der Waals surface area contributed by atoms with Gasteiger partial charge in [0.1, 0.15) is 0 Å². The Balaban J connectivity index is 2.28.